The smallest absolute Gasteiger partial charge is 0.174 e. The number of halogens is 1. The van der Waals surface area contributed by atoms with Gasteiger partial charge in [0.05, 0.1) is 34.0 Å². The monoisotopic (exact) mass is 414 g/mol. The predicted molar refractivity (Wildman–Crippen MR) is 105 cm³/mol. The molecule has 1 heterocycles. The van der Waals surface area contributed by atoms with Gasteiger partial charge in [-0.2, -0.15) is 5.26 Å². The lowest BCUT2D eigenvalue weighted by atomic mass is 10.1. The maximum atomic E-state index is 9.59. The summed E-state index contributed by atoms with van der Waals surface area (Å²) >= 11 is 5.00. The van der Waals surface area contributed by atoms with Crippen molar-refractivity contribution in [2.24, 2.45) is 0 Å². The fourth-order valence-corrected chi connectivity index (χ4v) is 3.98. The number of aromatic nitrogens is 1. The molecule has 1 aromatic heterocycles. The molecule has 4 nitrogen and oxygen atoms in total. The average molecular weight is 415 g/mol. The van der Waals surface area contributed by atoms with Crippen LogP contribution in [0.15, 0.2) is 40.9 Å². The van der Waals surface area contributed by atoms with E-state index in [2.05, 4.69) is 27.0 Å². The number of allylic oxidation sites excluding steroid dienone is 1. The van der Waals surface area contributed by atoms with Crippen molar-refractivity contribution < 1.29 is 9.47 Å². The number of methoxy groups -OCH3 is 1. The van der Waals surface area contributed by atoms with Crippen molar-refractivity contribution in [3.63, 3.8) is 0 Å². The summed E-state index contributed by atoms with van der Waals surface area (Å²) in [6.45, 7) is 2.44. The van der Waals surface area contributed by atoms with Crippen molar-refractivity contribution in [2.45, 2.75) is 6.92 Å². The number of ether oxygens (including phenoxy) is 2. The van der Waals surface area contributed by atoms with E-state index in [4.69, 9.17) is 9.47 Å². The SMILES string of the molecule is CCOc1cc(/C=C(\C#N)c2nc3ccccc3s2)cc(Br)c1OC. The van der Waals surface area contributed by atoms with Gasteiger partial charge in [0.25, 0.3) is 0 Å². The van der Waals surface area contributed by atoms with Crippen LogP contribution < -0.4 is 9.47 Å². The van der Waals surface area contributed by atoms with Crippen LogP contribution in [0.4, 0.5) is 0 Å². The highest BCUT2D eigenvalue weighted by molar-refractivity contribution is 9.10. The van der Waals surface area contributed by atoms with E-state index in [1.54, 1.807) is 7.11 Å². The average Bonchev–Trinajstić information content (AvgIpc) is 3.03. The standard InChI is InChI=1S/C19H15BrN2O2S/c1-3-24-16-10-12(9-14(20)18(16)23-2)8-13(11-21)19-22-15-6-4-5-7-17(15)25-19/h4-10H,3H2,1-2H3/b13-8+. The number of para-hydroxylation sites is 1. The van der Waals surface area contributed by atoms with Gasteiger partial charge in [-0.15, -0.1) is 11.3 Å². The summed E-state index contributed by atoms with van der Waals surface area (Å²) in [4.78, 5) is 4.56. The van der Waals surface area contributed by atoms with Crippen molar-refractivity contribution in [3.8, 4) is 17.6 Å². The lowest BCUT2D eigenvalue weighted by molar-refractivity contribution is 0.310. The molecule has 0 aliphatic carbocycles. The lowest BCUT2D eigenvalue weighted by Crippen LogP contribution is -1.96. The van der Waals surface area contributed by atoms with E-state index < -0.39 is 0 Å². The molecule has 0 aliphatic rings. The number of thiazole rings is 1. The van der Waals surface area contributed by atoms with Crippen molar-refractivity contribution in [1.82, 2.24) is 4.98 Å². The molecule has 0 atom stereocenters. The molecule has 0 bridgehead atoms. The van der Waals surface area contributed by atoms with Gasteiger partial charge in [-0.05, 0) is 58.8 Å². The van der Waals surface area contributed by atoms with Crippen molar-refractivity contribution in [1.29, 1.82) is 5.26 Å². The topological polar surface area (TPSA) is 55.1 Å². The molecular formula is C19H15BrN2O2S. The fraction of sp³-hybridized carbons (Fsp3) is 0.158. The largest absolute Gasteiger partial charge is 0.492 e. The molecule has 0 saturated heterocycles. The first-order valence-corrected chi connectivity index (χ1v) is 9.25. The molecule has 0 fully saturated rings. The number of rotatable bonds is 5. The second kappa shape index (κ2) is 7.68. The van der Waals surface area contributed by atoms with Crippen molar-refractivity contribution >= 4 is 49.1 Å². The van der Waals surface area contributed by atoms with Gasteiger partial charge in [0, 0.05) is 0 Å². The summed E-state index contributed by atoms with van der Waals surface area (Å²) in [5.41, 5.74) is 2.25. The summed E-state index contributed by atoms with van der Waals surface area (Å²) in [7, 11) is 1.60. The molecule has 0 N–H and O–H groups in total. The quantitative estimate of drug-likeness (QED) is 0.514. The molecule has 3 rings (SSSR count). The molecule has 126 valence electrons. The van der Waals surface area contributed by atoms with Gasteiger partial charge in [0.15, 0.2) is 11.5 Å². The highest BCUT2D eigenvalue weighted by atomic mass is 79.9. The highest BCUT2D eigenvalue weighted by Gasteiger charge is 2.13. The van der Waals surface area contributed by atoms with E-state index in [-0.39, 0.29) is 0 Å². The first kappa shape index (κ1) is 17.5. The minimum Gasteiger partial charge on any atom is -0.492 e. The Labute approximate surface area is 158 Å². The van der Waals surface area contributed by atoms with Crippen LogP contribution in [0.1, 0.15) is 17.5 Å². The third kappa shape index (κ3) is 3.68. The maximum absolute atomic E-state index is 9.59. The molecule has 25 heavy (non-hydrogen) atoms. The number of hydrogen-bond acceptors (Lipinski definition) is 5. The van der Waals surface area contributed by atoms with Gasteiger partial charge >= 0.3 is 0 Å². The molecule has 0 saturated carbocycles. The lowest BCUT2D eigenvalue weighted by Gasteiger charge is -2.12. The first-order valence-electron chi connectivity index (χ1n) is 7.64. The van der Waals surface area contributed by atoms with E-state index in [9.17, 15) is 5.26 Å². The van der Waals surface area contributed by atoms with Crippen molar-refractivity contribution in [3.05, 3.63) is 51.4 Å². The maximum Gasteiger partial charge on any atom is 0.174 e. The summed E-state index contributed by atoms with van der Waals surface area (Å²) in [5, 5.41) is 10.3. The molecule has 0 aliphatic heterocycles. The Hall–Kier alpha value is -2.36. The molecule has 0 amide bonds. The summed E-state index contributed by atoms with van der Waals surface area (Å²) in [6.07, 6.45) is 1.81. The molecule has 6 heteroatoms. The normalized spacial score (nSPS) is 11.4. The Morgan fingerprint density at radius 2 is 2.16 bits per heavy atom. The van der Waals surface area contributed by atoms with Crippen LogP contribution >= 0.6 is 27.3 Å². The minimum absolute atomic E-state index is 0.515. The van der Waals surface area contributed by atoms with Crippen LogP contribution in [0.2, 0.25) is 0 Å². The zero-order valence-electron chi connectivity index (χ0n) is 13.7. The Bertz CT molecular complexity index is 956. The number of benzene rings is 2. The zero-order chi connectivity index (χ0) is 17.8. The Morgan fingerprint density at radius 1 is 1.36 bits per heavy atom. The highest BCUT2D eigenvalue weighted by Crippen LogP contribution is 2.38. The van der Waals surface area contributed by atoms with Gasteiger partial charge in [-0.3, -0.25) is 0 Å². The Kier molecular flexibility index (Phi) is 5.37. The Morgan fingerprint density at radius 3 is 2.84 bits per heavy atom. The van der Waals surface area contributed by atoms with Crippen LogP contribution in [-0.2, 0) is 0 Å². The summed E-state index contributed by atoms with van der Waals surface area (Å²) in [5.74, 6) is 1.27. The molecule has 3 aromatic rings. The van der Waals surface area contributed by atoms with Gasteiger partial charge < -0.3 is 9.47 Å². The van der Waals surface area contributed by atoms with E-state index >= 15 is 0 Å². The summed E-state index contributed by atoms with van der Waals surface area (Å²) in [6, 6.07) is 13.9. The van der Waals surface area contributed by atoms with Gasteiger partial charge in [0.2, 0.25) is 0 Å². The van der Waals surface area contributed by atoms with E-state index in [0.29, 0.717) is 28.7 Å². The van der Waals surface area contributed by atoms with Gasteiger partial charge in [-0.1, -0.05) is 12.1 Å². The Balaban J connectivity index is 2.06. The van der Waals surface area contributed by atoms with Crippen LogP contribution in [0.25, 0.3) is 21.9 Å². The number of nitriles is 1. The summed E-state index contributed by atoms with van der Waals surface area (Å²) < 4.78 is 12.8. The molecule has 2 aromatic carbocycles. The number of fused-ring (bicyclic) bond motifs is 1. The van der Waals surface area contributed by atoms with E-state index in [0.717, 1.165) is 20.3 Å². The number of hydrogen-bond donors (Lipinski definition) is 0. The fourth-order valence-electron chi connectivity index (χ4n) is 2.43. The molecule has 0 spiro atoms. The first-order chi connectivity index (χ1) is 12.2. The van der Waals surface area contributed by atoms with Crippen LogP contribution in [0.5, 0.6) is 11.5 Å². The van der Waals surface area contributed by atoms with Crippen LogP contribution in [0, 0.1) is 11.3 Å². The van der Waals surface area contributed by atoms with Gasteiger partial charge in [0.1, 0.15) is 11.1 Å². The molecular weight excluding hydrogens is 400 g/mol. The molecule has 0 unspecified atom stereocenters. The predicted octanol–water partition coefficient (Wildman–Crippen LogP) is 5.53. The minimum atomic E-state index is 0.515. The van der Waals surface area contributed by atoms with E-state index in [1.807, 2.05) is 49.4 Å². The second-order valence-corrected chi connectivity index (χ2v) is 7.01. The van der Waals surface area contributed by atoms with Crippen molar-refractivity contribution in [2.75, 3.05) is 13.7 Å². The van der Waals surface area contributed by atoms with E-state index in [1.165, 1.54) is 11.3 Å². The molecule has 0 radical (unpaired) electrons. The van der Waals surface area contributed by atoms with Gasteiger partial charge in [-0.25, -0.2) is 4.98 Å². The number of nitrogens with zero attached hydrogens (tertiary/aromatic N) is 2. The van der Waals surface area contributed by atoms with Crippen LogP contribution in [-0.4, -0.2) is 18.7 Å². The third-order valence-electron chi connectivity index (χ3n) is 3.49. The third-order valence-corrected chi connectivity index (χ3v) is 5.15. The zero-order valence-corrected chi connectivity index (χ0v) is 16.1. The van der Waals surface area contributed by atoms with Crippen LogP contribution in [0.3, 0.4) is 0 Å². The second-order valence-electron chi connectivity index (χ2n) is 5.12.